The number of benzene rings is 8. The zero-order chi connectivity index (χ0) is 69.8. The molecule has 8 aromatic carbocycles. The molecule has 5 aromatic heterocycles. The molecule has 13 aromatic rings. The third kappa shape index (κ3) is 22.7. The number of carbonyl (C=O) groups excluding carboxylic acids is 3. The first kappa shape index (κ1) is 81.3. The minimum Gasteiger partial charge on any atom is -0.870 e. The van der Waals surface area contributed by atoms with Gasteiger partial charge in [-0.25, -0.2) is 24.0 Å². The van der Waals surface area contributed by atoms with Crippen LogP contribution < -0.4 is 24.3 Å². The third-order valence-corrected chi connectivity index (χ3v) is 15.1. The molecule has 13 rings (SSSR count). The SMILES string of the molecule is Brc1ccc2cnccc2c1.C.COC(=O)c1ccc2cncc(-c3ccc(C#N)cc3)c2c1.COC(=O)c1ccc2cncc(Br)c2c1.COC(=O)c1ccc2cnccc2c1.N#Cc1ccc(-c2cncc3ccc(C(=O)O)cc23)cc1.[B]=NS.[C-]#[N+]c1ccc(B(O)O)cc1.[Li+].[OH-]. The molecule has 0 aliphatic rings. The first-order chi connectivity index (χ1) is 46.9. The van der Waals surface area contributed by atoms with Crippen LogP contribution in [0.3, 0.4) is 0 Å². The van der Waals surface area contributed by atoms with Gasteiger partial charge in [0, 0.05) is 109 Å². The molecule has 0 saturated heterocycles. The largest absolute Gasteiger partial charge is 1.00 e. The van der Waals surface area contributed by atoms with E-state index in [1.54, 1.807) is 147 Å². The Kier molecular flexibility index (Phi) is 33.5. The minimum atomic E-state index is -1.45. The molecule has 0 bridgehead atoms. The maximum absolute atomic E-state index is 11.7. The maximum atomic E-state index is 11.7. The van der Waals surface area contributed by atoms with Crippen molar-refractivity contribution in [3.8, 4) is 34.4 Å². The number of thiol groups is 1. The summed E-state index contributed by atoms with van der Waals surface area (Å²) >= 11 is 9.99. The molecule has 0 aliphatic heterocycles. The molecule has 0 unspecified atom stereocenters. The van der Waals surface area contributed by atoms with E-state index in [-0.39, 0.29) is 55.2 Å². The molecule has 20 nitrogen and oxygen atoms in total. The van der Waals surface area contributed by atoms with Crippen molar-refractivity contribution in [2.24, 2.45) is 4.30 Å². The Morgan fingerprint density at radius 2 is 0.880 bits per heavy atom. The van der Waals surface area contributed by atoms with Crippen LogP contribution in [-0.4, -0.2) is 106 Å². The van der Waals surface area contributed by atoms with Crippen LogP contribution in [0.1, 0.15) is 60.0 Å². The second-order valence-corrected chi connectivity index (χ2v) is 22.0. The molecule has 0 saturated carbocycles. The molecule has 491 valence electrons. The van der Waals surface area contributed by atoms with Gasteiger partial charge in [0.15, 0.2) is 5.69 Å². The van der Waals surface area contributed by atoms with Crippen molar-refractivity contribution in [2.75, 3.05) is 21.3 Å². The summed E-state index contributed by atoms with van der Waals surface area (Å²) in [6.45, 7) is 6.62. The molecule has 0 atom stereocenters. The molecular formula is C74H57B2Br2LiN9O11S. The molecule has 100 heavy (non-hydrogen) atoms. The fourth-order valence-electron chi connectivity index (χ4n) is 9.09. The molecule has 0 spiro atoms. The first-order valence-corrected chi connectivity index (χ1v) is 30.4. The summed E-state index contributed by atoms with van der Waals surface area (Å²) in [4.78, 5) is 69.0. The van der Waals surface area contributed by atoms with Crippen LogP contribution in [0, 0.1) is 29.2 Å². The van der Waals surface area contributed by atoms with E-state index < -0.39 is 13.1 Å². The van der Waals surface area contributed by atoms with Gasteiger partial charge in [0.2, 0.25) is 0 Å². The number of pyridine rings is 5. The Balaban J connectivity index is 0.000000256. The van der Waals surface area contributed by atoms with E-state index in [9.17, 15) is 19.2 Å². The number of rotatable bonds is 7. The average molecular weight is 1470 g/mol. The summed E-state index contributed by atoms with van der Waals surface area (Å²) in [5, 5.41) is 54.1. The van der Waals surface area contributed by atoms with Crippen molar-refractivity contribution in [3.05, 3.63) is 292 Å². The van der Waals surface area contributed by atoms with Crippen LogP contribution in [0.2, 0.25) is 0 Å². The van der Waals surface area contributed by atoms with Crippen LogP contribution in [0.15, 0.2) is 251 Å². The number of nitrogens with zero attached hydrogens (tertiary/aromatic N) is 9. The van der Waals surface area contributed by atoms with Crippen molar-refractivity contribution >= 4 is 148 Å². The summed E-state index contributed by atoms with van der Waals surface area (Å²) < 4.78 is 18.7. The van der Waals surface area contributed by atoms with Gasteiger partial charge in [-0.2, -0.15) is 10.5 Å². The normalized spacial score (nSPS) is 9.56. The number of fused-ring (bicyclic) bond motifs is 5. The van der Waals surface area contributed by atoms with E-state index in [4.69, 9.17) is 37.0 Å². The fraction of sp³-hybridized carbons (Fsp3) is 0.0541. The Morgan fingerprint density at radius 1 is 0.510 bits per heavy atom. The van der Waals surface area contributed by atoms with Gasteiger partial charge in [0.25, 0.3) is 0 Å². The number of hydrogen-bond acceptors (Lipinski definition) is 19. The van der Waals surface area contributed by atoms with Gasteiger partial charge in [0.1, 0.15) is 0 Å². The monoisotopic (exact) mass is 1470 g/mol. The third-order valence-electron chi connectivity index (χ3n) is 14.0. The summed E-state index contributed by atoms with van der Waals surface area (Å²) in [5.74, 6) is -1.98. The molecule has 1 radical (unpaired) electrons. The molecule has 5 heterocycles. The number of ether oxygens (including phenoxy) is 3. The van der Waals surface area contributed by atoms with Crippen molar-refractivity contribution in [1.82, 2.24) is 24.9 Å². The minimum absolute atomic E-state index is 0. The molecule has 0 fully saturated rings. The number of carboxylic acid groups (broad SMARTS) is 1. The molecular weight excluding hydrogens is 1410 g/mol. The van der Waals surface area contributed by atoms with Gasteiger partial charge in [-0.15, -0.1) is 0 Å². The van der Waals surface area contributed by atoms with E-state index in [0.29, 0.717) is 39.0 Å². The molecule has 0 amide bonds. The zero-order valence-corrected chi connectivity index (χ0v) is 57.1. The molecule has 26 heteroatoms. The quantitative estimate of drug-likeness (QED) is 0.0379. The predicted molar refractivity (Wildman–Crippen MR) is 394 cm³/mol. The summed E-state index contributed by atoms with van der Waals surface area (Å²) in [6, 6.07) is 55.8. The van der Waals surface area contributed by atoms with E-state index >= 15 is 0 Å². The van der Waals surface area contributed by atoms with Crippen LogP contribution in [0.4, 0.5) is 5.69 Å². The number of methoxy groups -OCH3 is 3. The Hall–Kier alpha value is -11.1. The molecule has 4 N–H and O–H groups in total. The summed E-state index contributed by atoms with van der Waals surface area (Å²) in [5.41, 5.74) is 7.52. The van der Waals surface area contributed by atoms with Gasteiger partial charge in [-0.1, -0.05) is 102 Å². The van der Waals surface area contributed by atoms with Gasteiger partial charge < -0.3 is 34.8 Å². The second-order valence-electron chi connectivity index (χ2n) is 20.0. The Bertz CT molecular complexity index is 5110. The number of nitriles is 2. The van der Waals surface area contributed by atoms with Gasteiger partial charge in [-0.3, -0.25) is 24.9 Å². The fourth-order valence-corrected chi connectivity index (χ4v) is 9.93. The predicted octanol–water partition coefficient (Wildman–Crippen LogP) is 12.4. The number of hydrogen-bond donors (Lipinski definition) is 4. The van der Waals surface area contributed by atoms with Crippen molar-refractivity contribution in [3.63, 3.8) is 0 Å². The number of carboxylic acids is 1. The van der Waals surface area contributed by atoms with E-state index in [1.807, 2.05) is 72.9 Å². The first-order valence-electron chi connectivity index (χ1n) is 28.5. The van der Waals surface area contributed by atoms with Crippen LogP contribution in [0.5, 0.6) is 0 Å². The van der Waals surface area contributed by atoms with E-state index in [2.05, 4.69) is 114 Å². The maximum Gasteiger partial charge on any atom is 1.00 e. The summed E-state index contributed by atoms with van der Waals surface area (Å²) in [6.07, 6.45) is 17.5. The summed E-state index contributed by atoms with van der Waals surface area (Å²) in [7, 11) is 6.99. The van der Waals surface area contributed by atoms with Gasteiger partial charge in [0.05, 0.1) is 73.4 Å². The van der Waals surface area contributed by atoms with Crippen LogP contribution in [0.25, 0.3) is 81.0 Å². The smallest absolute Gasteiger partial charge is 0.870 e. The second kappa shape index (κ2) is 41.2. The average Bonchev–Trinajstić information content (AvgIpc) is 0.799. The molecule has 0 aliphatic carbocycles. The van der Waals surface area contributed by atoms with E-state index in [0.717, 1.165) is 74.3 Å². The Morgan fingerprint density at radius 3 is 1.30 bits per heavy atom. The number of halogens is 2. The zero-order valence-electron chi connectivity index (χ0n) is 53.0. The van der Waals surface area contributed by atoms with E-state index in [1.165, 1.54) is 44.2 Å². The van der Waals surface area contributed by atoms with Crippen molar-refractivity contribution in [2.45, 2.75) is 7.43 Å². The van der Waals surface area contributed by atoms with Crippen molar-refractivity contribution < 1.29 is 72.9 Å². The number of carbonyl (C=O) groups is 4. The number of aromatic carboxylic acids is 1. The Labute approximate surface area is 611 Å². The van der Waals surface area contributed by atoms with Crippen molar-refractivity contribution in [1.29, 1.82) is 10.5 Å². The standard InChI is InChI=1S/C18H12N2O2.C17H10N2O2.C11H8BrNO2.C11H9NO2.C9H6BrN.C7H6BNO2.CH4.BHNS.Li.H2O/c1-22-18(21)14-6-7-15-10-20-11-17(16(15)8-14)13-4-2-12(9-19)3-5-13;18-8-11-1-3-12(4-2-11)16-10-19-9-14-6-5-13(17(20)21)7-15(14)16;1-15-11(14)7-2-3-8-5-13-6-10(12)9(8)4-7;1-14-11(13)9-2-3-10-7-12-5-4-8(10)6-9;10-9-2-1-8-6-11-4-3-7(8)5-9;1-9-7-4-2-6(3-5-7)8(10)11;;1-2-3;;/h2-8,10-11H,1H3;1-7,9-10H,(H,20,21);2-6H,1H3;2-7H,1H3;1-6H;2-5,10-11H;1H4;3H;;1H2/q;;;;;;;;+1;/p-1. The number of aromatic nitrogens is 5. The van der Waals surface area contributed by atoms with Gasteiger partial charge in [-0.05, 0) is 157 Å². The van der Waals surface area contributed by atoms with Crippen LogP contribution in [-0.2, 0) is 14.2 Å². The van der Waals surface area contributed by atoms with Gasteiger partial charge >= 0.3 is 74.6 Å². The topological polar surface area (TPSA) is 315 Å². The van der Waals surface area contributed by atoms with Crippen LogP contribution >= 0.6 is 44.7 Å². The number of esters is 3.